The van der Waals surface area contributed by atoms with Crippen molar-refractivity contribution >= 4 is 25.6 Å². The van der Waals surface area contributed by atoms with Gasteiger partial charge in [-0.1, -0.05) is 0 Å². The summed E-state index contributed by atoms with van der Waals surface area (Å²) in [5, 5.41) is 1.89. The number of carbonyl (C=O) groups excluding carboxylic acids is 1. The summed E-state index contributed by atoms with van der Waals surface area (Å²) in [6.45, 7) is 5.55. The predicted octanol–water partition coefficient (Wildman–Crippen LogP) is 1.18. The molecule has 8 heteroatoms. The predicted molar refractivity (Wildman–Crippen MR) is 87.9 cm³/mol. The van der Waals surface area contributed by atoms with Gasteiger partial charge in [0.15, 0.2) is 19.7 Å². The Morgan fingerprint density at radius 1 is 1.17 bits per heavy atom. The van der Waals surface area contributed by atoms with Crippen molar-refractivity contribution in [1.82, 2.24) is 5.32 Å². The van der Waals surface area contributed by atoms with E-state index in [2.05, 4.69) is 5.32 Å². The number of sulfone groups is 2. The van der Waals surface area contributed by atoms with Gasteiger partial charge in [0, 0.05) is 11.1 Å². The zero-order valence-corrected chi connectivity index (χ0v) is 15.0. The number of amides is 1. The molecule has 0 spiro atoms. The van der Waals surface area contributed by atoms with E-state index in [0.29, 0.717) is 5.56 Å². The second-order valence-corrected chi connectivity index (χ2v) is 11.3. The van der Waals surface area contributed by atoms with Gasteiger partial charge in [-0.25, -0.2) is 16.8 Å². The zero-order chi connectivity index (χ0) is 17.5. The molecule has 0 radical (unpaired) electrons. The Balaban J connectivity index is 2.21. The molecule has 1 saturated heterocycles. The van der Waals surface area contributed by atoms with Crippen LogP contribution in [0.5, 0.6) is 0 Å². The van der Waals surface area contributed by atoms with Crippen LogP contribution in [0.2, 0.25) is 0 Å². The second kappa shape index (κ2) is 5.90. The van der Waals surface area contributed by atoms with Crippen LogP contribution in [0.1, 0.15) is 37.6 Å². The van der Waals surface area contributed by atoms with E-state index in [1.165, 1.54) is 24.3 Å². The van der Waals surface area contributed by atoms with Gasteiger partial charge in [0.2, 0.25) is 0 Å². The van der Waals surface area contributed by atoms with Crippen LogP contribution in [0.15, 0.2) is 29.2 Å². The van der Waals surface area contributed by atoms with Gasteiger partial charge in [0.25, 0.3) is 5.91 Å². The molecule has 0 saturated carbocycles. The van der Waals surface area contributed by atoms with E-state index in [0.717, 1.165) is 0 Å². The van der Waals surface area contributed by atoms with Crippen LogP contribution < -0.4 is 5.32 Å². The maximum atomic E-state index is 12.5. The highest BCUT2D eigenvalue weighted by atomic mass is 32.2. The zero-order valence-electron chi connectivity index (χ0n) is 13.4. The molecule has 1 aliphatic heterocycles. The Morgan fingerprint density at radius 2 is 1.74 bits per heavy atom. The lowest BCUT2D eigenvalue weighted by atomic mass is 10.1. The molecule has 0 aliphatic carbocycles. The van der Waals surface area contributed by atoms with E-state index < -0.39 is 24.9 Å². The second-order valence-electron chi connectivity index (χ2n) is 6.80. The van der Waals surface area contributed by atoms with Gasteiger partial charge in [0.1, 0.15) is 0 Å². The van der Waals surface area contributed by atoms with Gasteiger partial charge in [-0.05, 0) is 51.5 Å². The number of rotatable bonds is 3. The van der Waals surface area contributed by atoms with Crippen molar-refractivity contribution < 1.29 is 21.6 Å². The first-order valence-electron chi connectivity index (χ1n) is 7.28. The molecule has 0 unspecified atom stereocenters. The fourth-order valence-electron chi connectivity index (χ4n) is 2.41. The van der Waals surface area contributed by atoms with Crippen molar-refractivity contribution in [3.05, 3.63) is 29.8 Å². The molecule has 23 heavy (non-hydrogen) atoms. The van der Waals surface area contributed by atoms with Crippen molar-refractivity contribution in [2.75, 3.05) is 11.5 Å². The highest BCUT2D eigenvalue weighted by molar-refractivity contribution is 7.96. The number of nitrogens with one attached hydrogen (secondary N) is 1. The standard InChI is InChI=1S/C15H21NO5S2/c1-15(2,3)16-14(17)11-4-6-12(7-5-11)23(20,21)13-8-9-22(18,19)10-13/h4-7,13H,8-10H2,1-3H3,(H,16,17)/t13-/m0/s1. The van der Waals surface area contributed by atoms with Crippen LogP contribution in [0.3, 0.4) is 0 Å². The third-order valence-electron chi connectivity index (χ3n) is 3.56. The van der Waals surface area contributed by atoms with Gasteiger partial charge in [-0.2, -0.15) is 0 Å². The van der Waals surface area contributed by atoms with Crippen molar-refractivity contribution in [1.29, 1.82) is 0 Å². The fourth-order valence-corrected chi connectivity index (χ4v) is 6.77. The summed E-state index contributed by atoms with van der Waals surface area (Å²) in [5.41, 5.74) is -0.0297. The minimum Gasteiger partial charge on any atom is -0.347 e. The maximum absolute atomic E-state index is 12.5. The summed E-state index contributed by atoms with van der Waals surface area (Å²) in [5.74, 6) is -0.713. The summed E-state index contributed by atoms with van der Waals surface area (Å²) in [7, 11) is -6.97. The van der Waals surface area contributed by atoms with Gasteiger partial charge in [0.05, 0.1) is 21.7 Å². The summed E-state index contributed by atoms with van der Waals surface area (Å²) in [6, 6.07) is 5.60. The van der Waals surface area contributed by atoms with E-state index in [4.69, 9.17) is 0 Å². The molecule has 1 fully saturated rings. The first kappa shape index (κ1) is 17.9. The molecule has 0 bridgehead atoms. The number of carbonyl (C=O) groups is 1. The van der Waals surface area contributed by atoms with Gasteiger partial charge >= 0.3 is 0 Å². The SMILES string of the molecule is CC(C)(C)NC(=O)c1ccc(S(=O)(=O)[C@H]2CCS(=O)(=O)C2)cc1. The van der Waals surface area contributed by atoms with Gasteiger partial charge in [-0.15, -0.1) is 0 Å². The Labute approximate surface area is 137 Å². The Bertz CT molecular complexity index is 802. The lowest BCUT2D eigenvalue weighted by molar-refractivity contribution is 0.0919. The highest BCUT2D eigenvalue weighted by Crippen LogP contribution is 2.25. The van der Waals surface area contributed by atoms with E-state index in [1.807, 2.05) is 20.8 Å². The van der Waals surface area contributed by atoms with Crippen LogP contribution in [-0.2, 0) is 19.7 Å². The molecule has 1 aromatic carbocycles. The quantitative estimate of drug-likeness (QED) is 0.874. The monoisotopic (exact) mass is 359 g/mol. The molecule has 2 rings (SSSR count). The third-order valence-corrected chi connectivity index (χ3v) is 7.75. The molecular weight excluding hydrogens is 338 g/mol. The molecule has 0 aromatic heterocycles. The Kier molecular flexibility index (Phi) is 4.60. The lowest BCUT2D eigenvalue weighted by Gasteiger charge is -2.20. The third kappa shape index (κ3) is 4.32. The van der Waals surface area contributed by atoms with Gasteiger partial charge < -0.3 is 5.32 Å². The van der Waals surface area contributed by atoms with Crippen LogP contribution in [0, 0.1) is 0 Å². The van der Waals surface area contributed by atoms with Crippen LogP contribution in [-0.4, -0.2) is 45.0 Å². The molecule has 128 valence electrons. The van der Waals surface area contributed by atoms with E-state index in [-0.39, 0.29) is 34.3 Å². The van der Waals surface area contributed by atoms with E-state index >= 15 is 0 Å². The van der Waals surface area contributed by atoms with Crippen LogP contribution >= 0.6 is 0 Å². The number of hydrogen-bond donors (Lipinski definition) is 1. The summed E-state index contributed by atoms with van der Waals surface area (Å²) in [4.78, 5) is 12.1. The molecule has 1 aliphatic rings. The van der Waals surface area contributed by atoms with Crippen molar-refractivity contribution in [2.45, 2.75) is 42.9 Å². The average molecular weight is 359 g/mol. The maximum Gasteiger partial charge on any atom is 0.251 e. The highest BCUT2D eigenvalue weighted by Gasteiger charge is 2.38. The lowest BCUT2D eigenvalue weighted by Crippen LogP contribution is -2.40. The summed E-state index contributed by atoms with van der Waals surface area (Å²) in [6.07, 6.45) is 0.122. The van der Waals surface area contributed by atoms with Gasteiger partial charge in [-0.3, -0.25) is 4.79 Å². The number of benzene rings is 1. The molecule has 1 heterocycles. The molecule has 1 N–H and O–H groups in total. The molecule has 1 atom stereocenters. The molecule has 6 nitrogen and oxygen atoms in total. The summed E-state index contributed by atoms with van der Waals surface area (Å²) >= 11 is 0. The van der Waals surface area contributed by atoms with Crippen molar-refractivity contribution in [2.24, 2.45) is 0 Å². The summed E-state index contributed by atoms with van der Waals surface area (Å²) < 4.78 is 47.9. The Hall–Kier alpha value is -1.41. The van der Waals surface area contributed by atoms with E-state index in [9.17, 15) is 21.6 Å². The van der Waals surface area contributed by atoms with Crippen molar-refractivity contribution in [3.63, 3.8) is 0 Å². The number of hydrogen-bond acceptors (Lipinski definition) is 5. The minimum atomic E-state index is -3.70. The first-order chi connectivity index (χ1) is 10.4. The van der Waals surface area contributed by atoms with Crippen molar-refractivity contribution in [3.8, 4) is 0 Å². The smallest absolute Gasteiger partial charge is 0.251 e. The van der Waals surface area contributed by atoms with Crippen LogP contribution in [0.4, 0.5) is 0 Å². The molecular formula is C15H21NO5S2. The normalized spacial score (nSPS) is 21.1. The first-order valence-corrected chi connectivity index (χ1v) is 10.6. The average Bonchev–Trinajstić information content (AvgIpc) is 2.78. The largest absolute Gasteiger partial charge is 0.347 e. The van der Waals surface area contributed by atoms with E-state index in [1.54, 1.807) is 0 Å². The molecule has 1 aromatic rings. The van der Waals surface area contributed by atoms with Crippen LogP contribution in [0.25, 0.3) is 0 Å². The Morgan fingerprint density at radius 3 is 2.17 bits per heavy atom. The molecule has 1 amide bonds. The minimum absolute atomic E-state index is 0.0481. The topological polar surface area (TPSA) is 97.4 Å². The fraction of sp³-hybridized carbons (Fsp3) is 0.533.